The van der Waals surface area contributed by atoms with E-state index in [1.54, 1.807) is 13.8 Å². The highest BCUT2D eigenvalue weighted by atomic mass is 32.2. The summed E-state index contributed by atoms with van der Waals surface area (Å²) in [5.74, 6) is -0.0219. The van der Waals surface area contributed by atoms with Crippen molar-refractivity contribution in [3.63, 3.8) is 0 Å². The molecule has 18 heavy (non-hydrogen) atoms. The summed E-state index contributed by atoms with van der Waals surface area (Å²) < 4.78 is 23.2. The fourth-order valence-electron chi connectivity index (χ4n) is 1.93. The molecule has 0 bridgehead atoms. The van der Waals surface area contributed by atoms with Crippen LogP contribution in [0.5, 0.6) is 0 Å². The number of sulfone groups is 1. The number of nitrogens with two attached hydrogens (primary N) is 1. The van der Waals surface area contributed by atoms with Crippen LogP contribution in [-0.4, -0.2) is 55.8 Å². The molecule has 106 valence electrons. The van der Waals surface area contributed by atoms with Gasteiger partial charge < -0.3 is 5.73 Å². The number of likely N-dealkylation sites (tertiary alicyclic amines) is 1. The maximum atomic E-state index is 11.7. The van der Waals surface area contributed by atoms with Crippen molar-refractivity contribution in [2.24, 2.45) is 5.73 Å². The van der Waals surface area contributed by atoms with Gasteiger partial charge in [-0.25, -0.2) is 8.42 Å². The second kappa shape index (κ2) is 6.63. The summed E-state index contributed by atoms with van der Waals surface area (Å²) in [6.07, 6.45) is 1.96. The molecule has 0 unspecified atom stereocenters. The first kappa shape index (κ1) is 15.6. The van der Waals surface area contributed by atoms with E-state index in [0.717, 1.165) is 25.9 Å². The maximum Gasteiger partial charge on any atom is 0.153 e. The van der Waals surface area contributed by atoms with Crippen LogP contribution >= 0.6 is 0 Å². The van der Waals surface area contributed by atoms with Crippen LogP contribution in [0.4, 0.5) is 0 Å². The fraction of sp³-hybridized carbons (Fsp3) is 0.917. The van der Waals surface area contributed by atoms with Crippen LogP contribution in [0.1, 0.15) is 33.1 Å². The second-order valence-electron chi connectivity index (χ2n) is 5.32. The first-order valence-corrected chi connectivity index (χ1v) is 8.24. The molecular weight excluding hydrogens is 252 g/mol. The van der Waals surface area contributed by atoms with E-state index in [9.17, 15) is 13.2 Å². The van der Waals surface area contributed by atoms with Crippen LogP contribution in [-0.2, 0) is 14.6 Å². The van der Waals surface area contributed by atoms with Crippen LogP contribution in [0.2, 0.25) is 0 Å². The molecule has 0 saturated carbocycles. The second-order valence-corrected chi connectivity index (χ2v) is 7.99. The van der Waals surface area contributed by atoms with Crippen LogP contribution in [0.3, 0.4) is 0 Å². The van der Waals surface area contributed by atoms with Crippen molar-refractivity contribution in [1.82, 2.24) is 4.90 Å². The quantitative estimate of drug-likeness (QED) is 0.749. The van der Waals surface area contributed by atoms with Gasteiger partial charge in [0.25, 0.3) is 0 Å². The average Bonchev–Trinajstić information content (AvgIpc) is 2.29. The van der Waals surface area contributed by atoms with Crippen molar-refractivity contribution in [2.45, 2.75) is 44.4 Å². The lowest BCUT2D eigenvalue weighted by Gasteiger charge is -2.29. The lowest BCUT2D eigenvalue weighted by molar-refractivity contribution is -0.120. The topological polar surface area (TPSA) is 80.5 Å². The average molecular weight is 276 g/mol. The van der Waals surface area contributed by atoms with Gasteiger partial charge in [0.15, 0.2) is 9.84 Å². The summed E-state index contributed by atoms with van der Waals surface area (Å²) in [4.78, 5) is 13.8. The van der Waals surface area contributed by atoms with E-state index in [-0.39, 0.29) is 24.0 Å². The predicted molar refractivity (Wildman–Crippen MR) is 72.2 cm³/mol. The Bertz CT molecular complexity index is 371. The summed E-state index contributed by atoms with van der Waals surface area (Å²) in [5.41, 5.74) is 5.79. The summed E-state index contributed by atoms with van der Waals surface area (Å²) >= 11 is 0. The van der Waals surface area contributed by atoms with E-state index in [1.807, 2.05) is 0 Å². The van der Waals surface area contributed by atoms with Gasteiger partial charge in [0.2, 0.25) is 0 Å². The van der Waals surface area contributed by atoms with Gasteiger partial charge in [0, 0.05) is 25.6 Å². The first-order valence-electron chi connectivity index (χ1n) is 6.52. The van der Waals surface area contributed by atoms with Crippen molar-refractivity contribution in [3.8, 4) is 0 Å². The Morgan fingerprint density at radius 2 is 1.89 bits per heavy atom. The van der Waals surface area contributed by atoms with Crippen LogP contribution in [0.15, 0.2) is 0 Å². The van der Waals surface area contributed by atoms with Crippen molar-refractivity contribution >= 4 is 15.6 Å². The number of rotatable bonds is 6. The molecule has 0 spiro atoms. The Balaban J connectivity index is 2.30. The van der Waals surface area contributed by atoms with Crippen molar-refractivity contribution < 1.29 is 13.2 Å². The highest BCUT2D eigenvalue weighted by Crippen LogP contribution is 2.09. The third-order valence-corrected chi connectivity index (χ3v) is 5.63. The summed E-state index contributed by atoms with van der Waals surface area (Å²) in [6, 6.07) is 0.248. The number of hydrogen-bond acceptors (Lipinski definition) is 5. The molecule has 1 rings (SSSR count). The first-order chi connectivity index (χ1) is 8.31. The SMILES string of the molecule is CC(C)S(=O)(=O)CCC(=O)CN1CCC(N)CC1. The molecular formula is C12H24N2O3S. The van der Waals surface area contributed by atoms with Crippen LogP contribution < -0.4 is 5.73 Å². The lowest BCUT2D eigenvalue weighted by atomic mass is 10.1. The Morgan fingerprint density at radius 3 is 2.39 bits per heavy atom. The molecule has 0 aromatic rings. The van der Waals surface area contributed by atoms with E-state index < -0.39 is 15.1 Å². The van der Waals surface area contributed by atoms with Gasteiger partial charge in [-0.15, -0.1) is 0 Å². The molecule has 2 N–H and O–H groups in total. The zero-order valence-electron chi connectivity index (χ0n) is 11.3. The predicted octanol–water partition coefficient (Wildman–Crippen LogP) is 0.192. The largest absolute Gasteiger partial charge is 0.328 e. The highest BCUT2D eigenvalue weighted by molar-refractivity contribution is 7.91. The zero-order valence-corrected chi connectivity index (χ0v) is 12.1. The molecule has 1 fully saturated rings. The minimum absolute atomic E-state index is 0.00898. The third-order valence-electron chi connectivity index (χ3n) is 3.42. The minimum atomic E-state index is -3.10. The molecule has 1 aliphatic rings. The zero-order chi connectivity index (χ0) is 13.8. The van der Waals surface area contributed by atoms with Crippen molar-refractivity contribution in [1.29, 1.82) is 0 Å². The number of piperidine rings is 1. The fourth-order valence-corrected chi connectivity index (χ4v) is 2.91. The van der Waals surface area contributed by atoms with E-state index in [1.165, 1.54) is 0 Å². The standard InChI is InChI=1S/C12H24N2O3S/c1-10(2)18(16,17)8-5-12(15)9-14-6-3-11(13)4-7-14/h10-11H,3-9,13H2,1-2H3. The van der Waals surface area contributed by atoms with Gasteiger partial charge in [0.1, 0.15) is 5.78 Å². The molecule has 1 heterocycles. The van der Waals surface area contributed by atoms with Gasteiger partial charge in [-0.3, -0.25) is 9.69 Å². The molecule has 1 saturated heterocycles. The summed E-state index contributed by atoms with van der Waals surface area (Å²) in [6.45, 7) is 5.33. The van der Waals surface area contributed by atoms with Crippen molar-refractivity contribution in [3.05, 3.63) is 0 Å². The van der Waals surface area contributed by atoms with Gasteiger partial charge in [-0.05, 0) is 26.7 Å². The molecule has 0 radical (unpaired) electrons. The Hall–Kier alpha value is -0.460. The molecule has 0 aromatic heterocycles. The van der Waals surface area contributed by atoms with Crippen LogP contribution in [0.25, 0.3) is 0 Å². The van der Waals surface area contributed by atoms with Gasteiger partial charge in [0.05, 0.1) is 17.5 Å². The van der Waals surface area contributed by atoms with Gasteiger partial charge in [-0.1, -0.05) is 0 Å². The number of hydrogen-bond donors (Lipinski definition) is 1. The van der Waals surface area contributed by atoms with Gasteiger partial charge >= 0.3 is 0 Å². The van der Waals surface area contributed by atoms with E-state index in [4.69, 9.17) is 5.73 Å². The molecule has 0 amide bonds. The smallest absolute Gasteiger partial charge is 0.153 e. The summed E-state index contributed by atoms with van der Waals surface area (Å²) in [5, 5.41) is -0.404. The number of carbonyl (C=O) groups is 1. The Kier molecular flexibility index (Phi) is 5.75. The van der Waals surface area contributed by atoms with E-state index >= 15 is 0 Å². The molecule has 6 heteroatoms. The Labute approximate surface area is 110 Å². The number of carbonyl (C=O) groups excluding carboxylic acids is 1. The third kappa shape index (κ3) is 5.04. The van der Waals surface area contributed by atoms with E-state index in [0.29, 0.717) is 6.54 Å². The summed E-state index contributed by atoms with van der Waals surface area (Å²) in [7, 11) is -3.10. The lowest BCUT2D eigenvalue weighted by Crippen LogP contribution is -2.42. The number of ketones is 1. The minimum Gasteiger partial charge on any atom is -0.328 e. The normalized spacial score (nSPS) is 19.3. The molecule has 0 aliphatic carbocycles. The van der Waals surface area contributed by atoms with Crippen molar-refractivity contribution in [2.75, 3.05) is 25.4 Å². The molecule has 1 aliphatic heterocycles. The molecule has 5 nitrogen and oxygen atoms in total. The Morgan fingerprint density at radius 1 is 1.33 bits per heavy atom. The monoisotopic (exact) mass is 276 g/mol. The maximum absolute atomic E-state index is 11.7. The van der Waals surface area contributed by atoms with Crippen LogP contribution in [0, 0.1) is 0 Å². The van der Waals surface area contributed by atoms with E-state index in [2.05, 4.69) is 4.90 Å². The number of nitrogens with zero attached hydrogens (tertiary/aromatic N) is 1. The molecule has 0 atom stereocenters. The highest BCUT2D eigenvalue weighted by Gasteiger charge is 2.21. The number of Topliss-reactive ketones (excluding diaryl/α,β-unsaturated/α-hetero) is 1. The molecule has 0 aromatic carbocycles. The van der Waals surface area contributed by atoms with Gasteiger partial charge in [-0.2, -0.15) is 0 Å².